The van der Waals surface area contributed by atoms with Gasteiger partial charge in [0, 0.05) is 5.92 Å². The van der Waals surface area contributed by atoms with Gasteiger partial charge in [-0.1, -0.05) is 31.2 Å². The van der Waals surface area contributed by atoms with E-state index in [-0.39, 0.29) is 11.3 Å². The summed E-state index contributed by atoms with van der Waals surface area (Å²) in [6, 6.07) is 0. The van der Waals surface area contributed by atoms with Crippen LogP contribution >= 0.6 is 0 Å². The largest absolute Gasteiger partial charge is 0.715 e. The molecule has 1 atom stereocenters. The monoisotopic (exact) mass is 198 g/mol. The molecule has 1 fully saturated rings. The summed E-state index contributed by atoms with van der Waals surface area (Å²) < 4.78 is 0. The molecule has 80 valence electrons. The van der Waals surface area contributed by atoms with Crippen molar-refractivity contribution in [2.24, 2.45) is 11.1 Å². The van der Waals surface area contributed by atoms with E-state index in [9.17, 15) is 5.21 Å². The highest BCUT2D eigenvalue weighted by molar-refractivity contribution is 5.25. The van der Waals surface area contributed by atoms with Crippen molar-refractivity contribution < 1.29 is 4.84 Å². The highest BCUT2D eigenvalue weighted by Gasteiger charge is 2.47. The van der Waals surface area contributed by atoms with E-state index < -0.39 is 5.60 Å². The second-order valence-electron chi connectivity index (χ2n) is 3.62. The van der Waals surface area contributed by atoms with Crippen LogP contribution in [-0.4, -0.2) is 10.9 Å². The standard InChI is InChI=1S/C9H16N3O2/c1-4-9(5-2,8-6-7(8)3)14-12(13)11-10/h8,10H,3-6H2,1-2H3/q-1. The maximum atomic E-state index is 10.9. The maximum Gasteiger partial charge on any atom is 0.103 e. The molecule has 0 amide bonds. The van der Waals surface area contributed by atoms with Gasteiger partial charge in [0.1, 0.15) is 5.60 Å². The van der Waals surface area contributed by atoms with Crippen LogP contribution in [0.3, 0.4) is 0 Å². The summed E-state index contributed by atoms with van der Waals surface area (Å²) in [5.74, 6) is 0.246. The molecule has 5 nitrogen and oxygen atoms in total. The minimum Gasteiger partial charge on any atom is -0.715 e. The lowest BCUT2D eigenvalue weighted by Crippen LogP contribution is -2.38. The molecule has 5 heteroatoms. The third kappa shape index (κ3) is 1.93. The molecule has 1 aliphatic carbocycles. The van der Waals surface area contributed by atoms with E-state index >= 15 is 0 Å². The van der Waals surface area contributed by atoms with E-state index in [2.05, 4.69) is 11.8 Å². The Labute approximate surface area is 83.7 Å². The lowest BCUT2D eigenvalue weighted by atomic mass is 9.91. The average Bonchev–Trinajstić information content (AvgIpc) is 2.92. The molecule has 0 heterocycles. The fraction of sp³-hybridized carbons (Fsp3) is 0.778. The van der Waals surface area contributed by atoms with Crippen molar-refractivity contribution in [3.63, 3.8) is 0 Å². The van der Waals surface area contributed by atoms with E-state index in [1.165, 1.54) is 0 Å². The summed E-state index contributed by atoms with van der Waals surface area (Å²) in [5.41, 5.74) is 7.15. The summed E-state index contributed by atoms with van der Waals surface area (Å²) in [7, 11) is 0. The van der Waals surface area contributed by atoms with Crippen LogP contribution in [-0.2, 0) is 4.84 Å². The molecule has 1 unspecified atom stereocenters. The summed E-state index contributed by atoms with van der Waals surface area (Å²) in [6.45, 7) is 7.80. The molecule has 0 aliphatic heterocycles. The van der Waals surface area contributed by atoms with Crippen molar-refractivity contribution in [3.8, 4) is 0 Å². The zero-order valence-corrected chi connectivity index (χ0v) is 8.62. The third-order valence-corrected chi connectivity index (χ3v) is 2.97. The van der Waals surface area contributed by atoms with Crippen molar-refractivity contribution in [3.05, 3.63) is 17.4 Å². The zero-order valence-electron chi connectivity index (χ0n) is 8.62. The van der Waals surface area contributed by atoms with Gasteiger partial charge in [0.2, 0.25) is 0 Å². The first-order valence-corrected chi connectivity index (χ1v) is 4.81. The van der Waals surface area contributed by atoms with E-state index in [1.54, 1.807) is 0 Å². The second-order valence-corrected chi connectivity index (χ2v) is 3.62. The summed E-state index contributed by atoms with van der Waals surface area (Å²) in [4.78, 5) is 5.14. The molecule has 0 saturated heterocycles. The van der Waals surface area contributed by atoms with Crippen molar-refractivity contribution >= 4 is 0 Å². The Morgan fingerprint density at radius 3 is 2.50 bits per heavy atom. The molecule has 0 spiro atoms. The van der Waals surface area contributed by atoms with Gasteiger partial charge in [0.25, 0.3) is 0 Å². The van der Waals surface area contributed by atoms with Crippen LogP contribution in [0.1, 0.15) is 33.1 Å². The van der Waals surface area contributed by atoms with Crippen LogP contribution in [0.25, 0.3) is 0 Å². The van der Waals surface area contributed by atoms with E-state index in [4.69, 9.17) is 10.4 Å². The fourth-order valence-electron chi connectivity index (χ4n) is 1.87. The van der Waals surface area contributed by atoms with Gasteiger partial charge in [-0.15, -0.1) is 0 Å². The smallest absolute Gasteiger partial charge is 0.103 e. The van der Waals surface area contributed by atoms with Gasteiger partial charge >= 0.3 is 0 Å². The minimum atomic E-state index is -0.511. The molecular weight excluding hydrogens is 182 g/mol. The zero-order chi connectivity index (χ0) is 10.8. The summed E-state index contributed by atoms with van der Waals surface area (Å²) in [5, 5.41) is 13.6. The Hall–Kier alpha value is -0.940. The minimum absolute atomic E-state index is 0.0153. The van der Waals surface area contributed by atoms with E-state index in [0.717, 1.165) is 24.8 Å². The predicted octanol–water partition coefficient (Wildman–Crippen LogP) is 2.80. The highest BCUT2D eigenvalue weighted by atomic mass is 16.9. The Bertz CT molecular complexity index is 238. The van der Waals surface area contributed by atoms with Gasteiger partial charge in [-0.05, 0) is 19.3 Å². The number of hydrogen-bond acceptors (Lipinski definition) is 4. The fourth-order valence-corrected chi connectivity index (χ4v) is 1.87. The van der Waals surface area contributed by atoms with Crippen LogP contribution in [0.4, 0.5) is 0 Å². The van der Waals surface area contributed by atoms with Crippen LogP contribution in [0.5, 0.6) is 0 Å². The van der Waals surface area contributed by atoms with Crippen LogP contribution < -0.4 is 0 Å². The van der Waals surface area contributed by atoms with Crippen LogP contribution in [0.15, 0.2) is 17.4 Å². The molecule has 0 aromatic carbocycles. The molecule has 0 aromatic heterocycles. The van der Waals surface area contributed by atoms with Gasteiger partial charge in [0.05, 0.1) is 0 Å². The Morgan fingerprint density at radius 2 is 2.21 bits per heavy atom. The van der Waals surface area contributed by atoms with E-state index in [1.807, 2.05) is 13.8 Å². The first-order valence-electron chi connectivity index (χ1n) is 4.81. The number of rotatable bonds is 6. The van der Waals surface area contributed by atoms with Gasteiger partial charge in [0.15, 0.2) is 0 Å². The topological polar surface area (TPSA) is 71.7 Å². The SMILES string of the molecule is C=C1CC1C(CC)(CC)ON([O-])N=N. The molecule has 1 saturated carbocycles. The maximum absolute atomic E-state index is 10.9. The summed E-state index contributed by atoms with van der Waals surface area (Å²) >= 11 is 0. The van der Waals surface area contributed by atoms with Gasteiger partial charge in [-0.2, -0.15) is 5.53 Å². The van der Waals surface area contributed by atoms with Crippen molar-refractivity contribution in [1.82, 2.24) is 5.34 Å². The predicted molar refractivity (Wildman–Crippen MR) is 52.0 cm³/mol. The molecule has 14 heavy (non-hydrogen) atoms. The number of hydrogen-bond donors (Lipinski definition) is 1. The number of nitrogens with one attached hydrogen (secondary N) is 1. The van der Waals surface area contributed by atoms with Crippen LogP contribution in [0.2, 0.25) is 0 Å². The van der Waals surface area contributed by atoms with Gasteiger partial charge < -0.3 is 5.21 Å². The lowest BCUT2D eigenvalue weighted by molar-refractivity contribution is -0.236. The first-order chi connectivity index (χ1) is 6.59. The normalized spacial score (nSPS) is 20.8. The van der Waals surface area contributed by atoms with E-state index in [0.29, 0.717) is 0 Å². The van der Waals surface area contributed by atoms with Gasteiger partial charge in [-0.25, -0.2) is 5.34 Å². The molecular formula is C9H16N3O2-. The molecule has 1 aliphatic rings. The second kappa shape index (κ2) is 4.06. The first kappa shape index (κ1) is 11.1. The van der Waals surface area contributed by atoms with Crippen molar-refractivity contribution in [2.45, 2.75) is 38.7 Å². The van der Waals surface area contributed by atoms with Gasteiger partial charge in [-0.3, -0.25) is 4.84 Å². The third-order valence-electron chi connectivity index (χ3n) is 2.97. The Morgan fingerprint density at radius 1 is 1.71 bits per heavy atom. The van der Waals surface area contributed by atoms with Crippen molar-refractivity contribution in [2.75, 3.05) is 0 Å². The molecule has 0 bridgehead atoms. The quantitative estimate of drug-likeness (QED) is 0.405. The molecule has 1 N–H and O–H groups in total. The van der Waals surface area contributed by atoms with Crippen LogP contribution in [0, 0.1) is 16.7 Å². The highest BCUT2D eigenvalue weighted by Crippen LogP contribution is 2.49. The average molecular weight is 198 g/mol. The lowest BCUT2D eigenvalue weighted by Gasteiger charge is -2.37. The molecule has 1 rings (SSSR count). The van der Waals surface area contributed by atoms with Crippen molar-refractivity contribution in [1.29, 1.82) is 5.53 Å². The molecule has 0 aromatic rings. The Balaban J connectivity index is 2.70. The summed E-state index contributed by atoms with van der Waals surface area (Å²) in [6.07, 6.45) is 2.36. The Kier molecular flexibility index (Phi) is 3.23. The number of nitrogens with zero attached hydrogens (tertiary/aromatic N) is 2. The molecule has 0 radical (unpaired) electrons.